The van der Waals surface area contributed by atoms with Gasteiger partial charge in [0.1, 0.15) is 7.14 Å². The molecule has 0 saturated heterocycles. The van der Waals surface area contributed by atoms with Crippen molar-refractivity contribution >= 4 is 15.9 Å². The van der Waals surface area contributed by atoms with Crippen molar-refractivity contribution in [3.05, 3.63) is 0 Å². The molecule has 0 aromatic heterocycles. The maximum atomic E-state index is 12.6. The fourth-order valence-electron chi connectivity index (χ4n) is 1.93. The van der Waals surface area contributed by atoms with E-state index >= 15 is 0 Å². The monoisotopic (exact) mass is 296 g/mol. The average molecular weight is 296 g/mol. The normalized spacial score (nSPS) is 14.8. The molecule has 0 fully saturated rings. The van der Waals surface area contributed by atoms with E-state index in [4.69, 9.17) is 13.3 Å². The van der Waals surface area contributed by atoms with E-state index in [2.05, 4.69) is 0 Å². The van der Waals surface area contributed by atoms with Gasteiger partial charge in [-0.25, -0.2) is 0 Å². The van der Waals surface area contributed by atoms with Crippen LogP contribution in [0.3, 0.4) is 0 Å². The largest absolute Gasteiger partial charge is 0.501 e. The second-order valence-corrected chi connectivity index (χ2v) is 11.0. The second kappa shape index (κ2) is 8.49. The molecule has 4 nitrogen and oxygen atoms in total. The lowest BCUT2D eigenvalue weighted by Crippen LogP contribution is -2.47. The molecule has 1 atom stereocenters. The third kappa shape index (κ3) is 4.78. The summed E-state index contributed by atoms with van der Waals surface area (Å²) in [4.78, 5) is 0. The van der Waals surface area contributed by atoms with Crippen molar-refractivity contribution in [2.45, 2.75) is 53.4 Å². The van der Waals surface area contributed by atoms with Gasteiger partial charge in [-0.3, -0.25) is 0 Å². The first kappa shape index (κ1) is 18.3. The van der Waals surface area contributed by atoms with Crippen LogP contribution >= 0.6 is 7.14 Å². The maximum Gasteiger partial charge on any atom is 0.501 e. The third-order valence-electron chi connectivity index (χ3n) is 3.24. The molecule has 6 heteroatoms. The highest BCUT2D eigenvalue weighted by atomic mass is 31.2. The van der Waals surface area contributed by atoms with Crippen LogP contribution in [0.5, 0.6) is 0 Å². The summed E-state index contributed by atoms with van der Waals surface area (Å²) in [6, 6.07) is 0.715. The van der Waals surface area contributed by atoms with E-state index in [1.54, 1.807) is 0 Å². The molecule has 0 aliphatic heterocycles. The summed E-state index contributed by atoms with van der Waals surface area (Å²) in [6.45, 7) is 12.8. The Hall–Kier alpha value is 0.327. The standard InChI is InChI=1S/C12H29O4PSi/c1-7-14-18(11-5,15-8-2)16-12(6)17(13,9-3)10-4/h12H,7-11H2,1-6H3. The van der Waals surface area contributed by atoms with Crippen molar-refractivity contribution in [1.82, 2.24) is 0 Å². The quantitative estimate of drug-likeness (QED) is 0.454. The van der Waals surface area contributed by atoms with Gasteiger partial charge in [-0.05, 0) is 20.8 Å². The summed E-state index contributed by atoms with van der Waals surface area (Å²) < 4.78 is 30.2. The third-order valence-corrected chi connectivity index (χ3v) is 10.1. The molecule has 0 saturated carbocycles. The average Bonchev–Trinajstić information content (AvgIpc) is 2.38. The van der Waals surface area contributed by atoms with Crippen LogP contribution in [0.2, 0.25) is 6.04 Å². The molecule has 0 bridgehead atoms. The first-order chi connectivity index (χ1) is 8.43. The molecule has 110 valence electrons. The van der Waals surface area contributed by atoms with Crippen LogP contribution < -0.4 is 0 Å². The smallest absolute Gasteiger partial charge is 0.374 e. The summed E-state index contributed by atoms with van der Waals surface area (Å²) in [5.74, 6) is -0.280. The molecule has 18 heavy (non-hydrogen) atoms. The zero-order valence-electron chi connectivity index (χ0n) is 12.7. The van der Waals surface area contributed by atoms with Gasteiger partial charge in [-0.15, -0.1) is 0 Å². The number of hydrogen-bond acceptors (Lipinski definition) is 4. The van der Waals surface area contributed by atoms with Crippen LogP contribution in [0.4, 0.5) is 0 Å². The Morgan fingerprint density at radius 3 is 1.72 bits per heavy atom. The molecule has 0 heterocycles. The molecule has 0 aliphatic rings. The minimum absolute atomic E-state index is 0.280. The van der Waals surface area contributed by atoms with Crippen LogP contribution in [0, 0.1) is 0 Å². The fourth-order valence-corrected chi connectivity index (χ4v) is 6.85. The van der Waals surface area contributed by atoms with E-state index in [1.807, 2.05) is 41.5 Å². The van der Waals surface area contributed by atoms with Gasteiger partial charge < -0.3 is 17.8 Å². The highest BCUT2D eigenvalue weighted by Gasteiger charge is 2.43. The molecule has 0 aliphatic carbocycles. The van der Waals surface area contributed by atoms with Crippen molar-refractivity contribution in [2.24, 2.45) is 0 Å². The molecule has 0 radical (unpaired) electrons. The van der Waals surface area contributed by atoms with Gasteiger partial charge >= 0.3 is 8.80 Å². The summed E-state index contributed by atoms with van der Waals surface area (Å²) in [5, 5.41) is 0. The topological polar surface area (TPSA) is 44.8 Å². The summed E-state index contributed by atoms with van der Waals surface area (Å²) in [7, 11) is -4.92. The molecular formula is C12H29O4PSi. The van der Waals surface area contributed by atoms with Crippen molar-refractivity contribution < 1.29 is 17.8 Å². The van der Waals surface area contributed by atoms with Gasteiger partial charge in [0.2, 0.25) is 0 Å². The zero-order chi connectivity index (χ0) is 14.2. The van der Waals surface area contributed by atoms with Crippen LogP contribution in [0.1, 0.15) is 41.5 Å². The molecule has 0 rings (SSSR count). The number of hydrogen-bond donors (Lipinski definition) is 0. The summed E-state index contributed by atoms with van der Waals surface area (Å²) >= 11 is 0. The molecular weight excluding hydrogens is 267 g/mol. The summed E-state index contributed by atoms with van der Waals surface area (Å²) in [5.41, 5.74) is 0. The fraction of sp³-hybridized carbons (Fsp3) is 1.00. The second-order valence-electron chi connectivity index (χ2n) is 4.20. The lowest BCUT2D eigenvalue weighted by molar-refractivity contribution is 0.0608. The Morgan fingerprint density at radius 1 is 1.00 bits per heavy atom. The van der Waals surface area contributed by atoms with Crippen LogP contribution in [-0.2, 0) is 17.8 Å². The van der Waals surface area contributed by atoms with Gasteiger partial charge in [0.25, 0.3) is 0 Å². The van der Waals surface area contributed by atoms with Crippen LogP contribution in [0.25, 0.3) is 0 Å². The van der Waals surface area contributed by atoms with E-state index in [0.717, 1.165) is 0 Å². The minimum atomic E-state index is -2.65. The van der Waals surface area contributed by atoms with Gasteiger partial charge in [0, 0.05) is 31.6 Å². The first-order valence-electron chi connectivity index (χ1n) is 6.97. The lowest BCUT2D eigenvalue weighted by Gasteiger charge is -2.33. The van der Waals surface area contributed by atoms with Crippen molar-refractivity contribution in [2.75, 3.05) is 25.5 Å². The Kier molecular flexibility index (Phi) is 8.64. The van der Waals surface area contributed by atoms with Crippen LogP contribution in [-0.4, -0.2) is 40.2 Å². The van der Waals surface area contributed by atoms with E-state index in [0.29, 0.717) is 31.6 Å². The first-order valence-corrected chi connectivity index (χ1v) is 11.0. The van der Waals surface area contributed by atoms with Gasteiger partial charge in [-0.2, -0.15) is 0 Å². The summed E-state index contributed by atoms with van der Waals surface area (Å²) in [6.07, 6.45) is 1.33. The minimum Gasteiger partial charge on any atom is -0.374 e. The van der Waals surface area contributed by atoms with E-state index < -0.39 is 15.9 Å². The lowest BCUT2D eigenvalue weighted by atomic mass is 10.9. The zero-order valence-corrected chi connectivity index (χ0v) is 14.6. The van der Waals surface area contributed by atoms with E-state index in [-0.39, 0.29) is 5.85 Å². The Morgan fingerprint density at radius 2 is 1.44 bits per heavy atom. The van der Waals surface area contributed by atoms with Crippen molar-refractivity contribution in [3.63, 3.8) is 0 Å². The van der Waals surface area contributed by atoms with Gasteiger partial charge in [0.05, 0.1) is 5.85 Å². The Labute approximate surface area is 113 Å². The SMILES string of the molecule is CCO[Si](CC)(OCC)OC(C)P(=O)(CC)CC. The molecule has 0 aromatic rings. The Bertz CT molecular complexity index is 259. The van der Waals surface area contributed by atoms with E-state index in [9.17, 15) is 4.57 Å². The maximum absolute atomic E-state index is 12.6. The predicted octanol–water partition coefficient (Wildman–Crippen LogP) is 3.78. The molecule has 1 unspecified atom stereocenters. The predicted molar refractivity (Wildman–Crippen MR) is 78.7 cm³/mol. The van der Waals surface area contributed by atoms with Gasteiger partial charge in [0.15, 0.2) is 0 Å². The molecule has 0 amide bonds. The highest BCUT2D eigenvalue weighted by molar-refractivity contribution is 7.64. The van der Waals surface area contributed by atoms with Crippen molar-refractivity contribution in [3.8, 4) is 0 Å². The van der Waals surface area contributed by atoms with Crippen molar-refractivity contribution in [1.29, 1.82) is 0 Å². The van der Waals surface area contributed by atoms with Crippen LogP contribution in [0.15, 0.2) is 0 Å². The highest BCUT2D eigenvalue weighted by Crippen LogP contribution is 2.51. The molecule has 0 N–H and O–H groups in total. The molecule has 0 aromatic carbocycles. The Balaban J connectivity index is 4.91. The van der Waals surface area contributed by atoms with E-state index in [1.165, 1.54) is 0 Å². The van der Waals surface area contributed by atoms with Gasteiger partial charge in [-0.1, -0.05) is 20.8 Å². The number of rotatable bonds is 10. The molecule has 0 spiro atoms.